The van der Waals surface area contributed by atoms with E-state index in [2.05, 4.69) is 20.8 Å². The molecule has 1 aliphatic carbocycles. The second kappa shape index (κ2) is 23.0. The maximum atomic E-state index is 12.1. The van der Waals surface area contributed by atoms with Gasteiger partial charge in [-0.1, -0.05) is 161 Å². The summed E-state index contributed by atoms with van der Waals surface area (Å²) in [5.74, 6) is -3.20. The standard InChI is InChI=1S/C39H66O6/c1-4-7-8-9-10-11-12-13-14-15-16-17-21-24-30-39(33-27-36(44)45)37(5-2,6-3)28-22-19-18-20-23-29-38(39,31-25-34(40)41)32-26-35(42)43/h25-27,31-33H,4-24,28-30H2,1-3H3,(H,40,41)(H,42,43)(H,44,45). The Hall–Kier alpha value is -2.37. The van der Waals surface area contributed by atoms with E-state index in [1.54, 1.807) is 12.2 Å². The SMILES string of the molecule is CCCCCCCCCCCCCCCCC1(C=CC(=O)O)C(C=CC(=O)O)(C=CC(=O)O)CCCCCCCC1(CC)CC. The Bertz CT molecular complexity index is 904. The molecule has 6 nitrogen and oxygen atoms in total. The first-order valence-corrected chi connectivity index (χ1v) is 18.4. The summed E-state index contributed by atoms with van der Waals surface area (Å²) in [7, 11) is 0. The maximum absolute atomic E-state index is 12.1. The fourth-order valence-electron chi connectivity index (χ4n) is 8.27. The molecule has 0 radical (unpaired) electrons. The van der Waals surface area contributed by atoms with Crippen LogP contribution in [0.1, 0.15) is 175 Å². The average molecular weight is 631 g/mol. The molecule has 1 fully saturated rings. The van der Waals surface area contributed by atoms with Gasteiger partial charge < -0.3 is 15.3 Å². The third kappa shape index (κ3) is 13.9. The topological polar surface area (TPSA) is 112 Å². The summed E-state index contributed by atoms with van der Waals surface area (Å²) in [5, 5.41) is 29.4. The van der Waals surface area contributed by atoms with E-state index in [1.807, 2.05) is 6.08 Å². The van der Waals surface area contributed by atoms with Crippen LogP contribution in [0.5, 0.6) is 0 Å². The highest BCUT2D eigenvalue weighted by Crippen LogP contribution is 2.64. The smallest absolute Gasteiger partial charge is 0.328 e. The lowest BCUT2D eigenvalue weighted by Gasteiger charge is -2.59. The molecule has 0 aromatic carbocycles. The summed E-state index contributed by atoms with van der Waals surface area (Å²) in [6.07, 6.45) is 35.0. The van der Waals surface area contributed by atoms with Crippen LogP contribution >= 0.6 is 0 Å². The first kappa shape index (κ1) is 40.7. The van der Waals surface area contributed by atoms with Crippen LogP contribution in [0.2, 0.25) is 0 Å². The molecule has 1 rings (SSSR count). The maximum Gasteiger partial charge on any atom is 0.328 e. The van der Waals surface area contributed by atoms with E-state index < -0.39 is 28.7 Å². The number of carboxylic acids is 3. The zero-order chi connectivity index (χ0) is 33.4. The van der Waals surface area contributed by atoms with Crippen molar-refractivity contribution >= 4 is 17.9 Å². The molecule has 0 spiro atoms. The number of carboxylic acid groups (broad SMARTS) is 3. The number of hydrogen-bond acceptors (Lipinski definition) is 3. The van der Waals surface area contributed by atoms with E-state index in [0.717, 1.165) is 82.8 Å². The zero-order valence-electron chi connectivity index (χ0n) is 29.0. The van der Waals surface area contributed by atoms with E-state index in [-0.39, 0.29) is 5.41 Å². The monoisotopic (exact) mass is 630 g/mol. The van der Waals surface area contributed by atoms with Crippen LogP contribution in [-0.4, -0.2) is 33.2 Å². The largest absolute Gasteiger partial charge is 0.478 e. The second-order valence-electron chi connectivity index (χ2n) is 13.6. The lowest BCUT2D eigenvalue weighted by molar-refractivity contribution is -0.132. The number of rotatable bonds is 23. The summed E-state index contributed by atoms with van der Waals surface area (Å²) >= 11 is 0. The summed E-state index contributed by atoms with van der Waals surface area (Å²) in [6, 6.07) is 0. The van der Waals surface area contributed by atoms with Crippen LogP contribution in [0, 0.1) is 16.2 Å². The molecule has 0 aromatic heterocycles. The third-order valence-electron chi connectivity index (χ3n) is 10.9. The van der Waals surface area contributed by atoms with Gasteiger partial charge in [0.25, 0.3) is 0 Å². The molecule has 258 valence electrons. The molecule has 0 heterocycles. The Balaban J connectivity index is 3.29. The molecule has 6 heteroatoms. The van der Waals surface area contributed by atoms with Crippen molar-refractivity contribution in [3.05, 3.63) is 36.5 Å². The lowest BCUT2D eigenvalue weighted by atomic mass is 9.44. The van der Waals surface area contributed by atoms with Crippen LogP contribution < -0.4 is 0 Å². The first-order valence-electron chi connectivity index (χ1n) is 18.4. The predicted molar refractivity (Wildman–Crippen MR) is 185 cm³/mol. The normalized spacial score (nSPS) is 22.7. The minimum Gasteiger partial charge on any atom is -0.478 e. The Morgan fingerprint density at radius 1 is 0.511 bits per heavy atom. The lowest BCUT2D eigenvalue weighted by Crippen LogP contribution is -2.52. The van der Waals surface area contributed by atoms with Crippen molar-refractivity contribution in [2.24, 2.45) is 16.2 Å². The average Bonchev–Trinajstić information content (AvgIpc) is 3.01. The van der Waals surface area contributed by atoms with Gasteiger partial charge in [0.1, 0.15) is 0 Å². The van der Waals surface area contributed by atoms with Crippen molar-refractivity contribution in [3.8, 4) is 0 Å². The van der Waals surface area contributed by atoms with E-state index >= 15 is 0 Å². The van der Waals surface area contributed by atoms with Crippen molar-refractivity contribution in [2.75, 3.05) is 0 Å². The molecular formula is C39H66O6. The number of carbonyl (C=O) groups is 3. The van der Waals surface area contributed by atoms with Crippen LogP contribution in [0.15, 0.2) is 36.5 Å². The molecule has 0 aliphatic heterocycles. The van der Waals surface area contributed by atoms with E-state index in [0.29, 0.717) is 12.8 Å². The van der Waals surface area contributed by atoms with Gasteiger partial charge in [0, 0.05) is 29.1 Å². The highest BCUT2D eigenvalue weighted by atomic mass is 16.4. The van der Waals surface area contributed by atoms with Gasteiger partial charge in [-0.15, -0.1) is 0 Å². The Labute approximate surface area is 274 Å². The molecule has 0 amide bonds. The van der Waals surface area contributed by atoms with Gasteiger partial charge in [0.15, 0.2) is 0 Å². The van der Waals surface area contributed by atoms with Crippen molar-refractivity contribution in [1.29, 1.82) is 0 Å². The van der Waals surface area contributed by atoms with Gasteiger partial charge in [0.05, 0.1) is 0 Å². The fourth-order valence-corrected chi connectivity index (χ4v) is 8.27. The molecule has 0 bridgehead atoms. The van der Waals surface area contributed by atoms with Crippen molar-refractivity contribution < 1.29 is 29.7 Å². The van der Waals surface area contributed by atoms with Crippen molar-refractivity contribution in [2.45, 2.75) is 175 Å². The molecular weight excluding hydrogens is 564 g/mol. The van der Waals surface area contributed by atoms with E-state index in [1.165, 1.54) is 76.7 Å². The van der Waals surface area contributed by atoms with E-state index in [9.17, 15) is 29.7 Å². The Morgan fingerprint density at radius 3 is 1.31 bits per heavy atom. The van der Waals surface area contributed by atoms with Crippen LogP contribution in [0.25, 0.3) is 0 Å². The molecule has 1 saturated carbocycles. The van der Waals surface area contributed by atoms with Crippen molar-refractivity contribution in [3.63, 3.8) is 0 Å². The molecule has 0 aromatic rings. The van der Waals surface area contributed by atoms with Gasteiger partial charge >= 0.3 is 17.9 Å². The van der Waals surface area contributed by atoms with Crippen molar-refractivity contribution in [1.82, 2.24) is 0 Å². The highest BCUT2D eigenvalue weighted by Gasteiger charge is 2.57. The second-order valence-corrected chi connectivity index (χ2v) is 13.6. The van der Waals surface area contributed by atoms with Gasteiger partial charge in [-0.2, -0.15) is 0 Å². The van der Waals surface area contributed by atoms with Crippen LogP contribution in [-0.2, 0) is 14.4 Å². The molecule has 1 atom stereocenters. The predicted octanol–water partition coefficient (Wildman–Crippen LogP) is 11.3. The molecule has 45 heavy (non-hydrogen) atoms. The Kier molecular flexibility index (Phi) is 20.8. The minimum absolute atomic E-state index is 0.321. The van der Waals surface area contributed by atoms with Gasteiger partial charge in [-0.25, -0.2) is 14.4 Å². The summed E-state index contributed by atoms with van der Waals surface area (Å²) in [6.45, 7) is 6.58. The minimum atomic E-state index is -1.08. The highest BCUT2D eigenvalue weighted by molar-refractivity contribution is 5.82. The van der Waals surface area contributed by atoms with E-state index in [4.69, 9.17) is 0 Å². The zero-order valence-corrected chi connectivity index (χ0v) is 29.0. The number of hydrogen-bond donors (Lipinski definition) is 3. The van der Waals surface area contributed by atoms with Crippen LogP contribution in [0.3, 0.4) is 0 Å². The number of allylic oxidation sites excluding steroid dienone is 3. The van der Waals surface area contributed by atoms with Crippen LogP contribution in [0.4, 0.5) is 0 Å². The quantitative estimate of drug-likeness (QED) is 0.0765. The summed E-state index contributed by atoms with van der Waals surface area (Å²) in [4.78, 5) is 36.0. The Morgan fingerprint density at radius 2 is 0.889 bits per heavy atom. The molecule has 1 aliphatic rings. The first-order chi connectivity index (χ1) is 21.6. The molecule has 3 N–H and O–H groups in total. The van der Waals surface area contributed by atoms with Gasteiger partial charge in [-0.3, -0.25) is 0 Å². The molecule has 1 unspecified atom stereocenters. The summed E-state index contributed by atoms with van der Waals surface area (Å²) < 4.78 is 0. The fraction of sp³-hybridized carbons (Fsp3) is 0.769. The van der Waals surface area contributed by atoms with Gasteiger partial charge in [-0.05, 0) is 37.5 Å². The van der Waals surface area contributed by atoms with Gasteiger partial charge in [0.2, 0.25) is 0 Å². The third-order valence-corrected chi connectivity index (χ3v) is 10.9. The molecule has 0 saturated heterocycles. The summed E-state index contributed by atoms with van der Waals surface area (Å²) in [5.41, 5.74) is -2.03. The number of unbranched alkanes of at least 4 members (excludes halogenated alkanes) is 13. The number of aliphatic carboxylic acids is 3.